The highest BCUT2D eigenvalue weighted by atomic mass is 16.2. The topological polar surface area (TPSA) is 20.3 Å². The molecule has 0 atom stereocenters. The quantitative estimate of drug-likeness (QED) is 0.766. The second kappa shape index (κ2) is 6.43. The van der Waals surface area contributed by atoms with E-state index in [-0.39, 0.29) is 5.91 Å². The van der Waals surface area contributed by atoms with E-state index in [4.69, 9.17) is 0 Å². The Morgan fingerprint density at radius 3 is 2.65 bits per heavy atom. The number of hydrogen-bond donors (Lipinski definition) is 0. The molecule has 1 heterocycles. The molecule has 1 amide bonds. The molecular weight excluding hydrogens is 210 g/mol. The predicted octanol–water partition coefficient (Wildman–Crippen LogP) is 3.43. The van der Waals surface area contributed by atoms with Crippen LogP contribution in [-0.4, -0.2) is 23.9 Å². The number of hydrogen-bond acceptors (Lipinski definition) is 1. The van der Waals surface area contributed by atoms with Gasteiger partial charge in [-0.15, -0.1) is 0 Å². The van der Waals surface area contributed by atoms with Gasteiger partial charge in [0.05, 0.1) is 0 Å². The number of aryl methyl sites for hydroxylation is 1. The number of amides is 1. The molecule has 0 saturated heterocycles. The summed E-state index contributed by atoms with van der Waals surface area (Å²) in [7, 11) is 0. The molecule has 0 radical (unpaired) electrons. The third-order valence-electron chi connectivity index (χ3n) is 2.93. The fraction of sp³-hybridized carbons (Fsp3) is 0.533. The molecule has 1 aliphatic rings. The van der Waals surface area contributed by atoms with Gasteiger partial charge in [0.2, 0.25) is 0 Å². The first kappa shape index (κ1) is 13.8. The summed E-state index contributed by atoms with van der Waals surface area (Å²) < 4.78 is 0. The van der Waals surface area contributed by atoms with Crippen molar-refractivity contribution in [3.05, 3.63) is 34.9 Å². The van der Waals surface area contributed by atoms with Crippen molar-refractivity contribution in [3.8, 4) is 0 Å². The van der Waals surface area contributed by atoms with Crippen LogP contribution >= 0.6 is 0 Å². The Hall–Kier alpha value is -1.31. The second-order valence-electron chi connectivity index (χ2n) is 4.20. The molecule has 0 aliphatic carbocycles. The van der Waals surface area contributed by atoms with E-state index in [0.717, 1.165) is 31.5 Å². The number of fused-ring (bicyclic) bond motifs is 1. The monoisotopic (exact) mass is 233 g/mol. The van der Waals surface area contributed by atoms with E-state index < -0.39 is 0 Å². The third kappa shape index (κ3) is 3.09. The SMILES string of the molecule is CC.CCCN1CCc2ccc(C)cc2C1=O. The van der Waals surface area contributed by atoms with Gasteiger partial charge >= 0.3 is 0 Å². The van der Waals surface area contributed by atoms with Crippen LogP contribution in [0, 0.1) is 6.92 Å². The smallest absolute Gasteiger partial charge is 0.254 e. The average Bonchev–Trinajstić information content (AvgIpc) is 2.36. The number of rotatable bonds is 2. The molecule has 0 saturated carbocycles. The van der Waals surface area contributed by atoms with Gasteiger partial charge in [0, 0.05) is 18.7 Å². The van der Waals surface area contributed by atoms with E-state index in [2.05, 4.69) is 19.1 Å². The predicted molar refractivity (Wildman–Crippen MR) is 72.4 cm³/mol. The van der Waals surface area contributed by atoms with Gasteiger partial charge < -0.3 is 4.90 Å². The van der Waals surface area contributed by atoms with Gasteiger partial charge in [-0.2, -0.15) is 0 Å². The Labute approximate surface area is 105 Å². The molecule has 0 aromatic heterocycles. The van der Waals surface area contributed by atoms with E-state index in [0.29, 0.717) is 0 Å². The zero-order chi connectivity index (χ0) is 12.8. The highest BCUT2D eigenvalue weighted by molar-refractivity contribution is 5.96. The van der Waals surface area contributed by atoms with Crippen LogP contribution in [0.5, 0.6) is 0 Å². The molecule has 2 nitrogen and oxygen atoms in total. The molecule has 0 unspecified atom stereocenters. The van der Waals surface area contributed by atoms with Crippen molar-refractivity contribution in [2.75, 3.05) is 13.1 Å². The highest BCUT2D eigenvalue weighted by Crippen LogP contribution is 2.20. The normalized spacial score (nSPS) is 13.9. The summed E-state index contributed by atoms with van der Waals surface area (Å²) in [5.74, 6) is 0.210. The van der Waals surface area contributed by atoms with Crippen LogP contribution < -0.4 is 0 Å². The maximum Gasteiger partial charge on any atom is 0.254 e. The third-order valence-corrected chi connectivity index (χ3v) is 2.93. The van der Waals surface area contributed by atoms with E-state index in [1.807, 2.05) is 31.7 Å². The fourth-order valence-electron chi connectivity index (χ4n) is 2.12. The maximum atomic E-state index is 12.1. The summed E-state index contributed by atoms with van der Waals surface area (Å²) in [6, 6.07) is 6.19. The minimum Gasteiger partial charge on any atom is -0.338 e. The van der Waals surface area contributed by atoms with Crippen LogP contribution in [0.3, 0.4) is 0 Å². The minimum atomic E-state index is 0.210. The first-order valence-corrected chi connectivity index (χ1v) is 6.61. The molecule has 0 bridgehead atoms. The molecule has 2 heteroatoms. The van der Waals surface area contributed by atoms with Gasteiger partial charge in [0.25, 0.3) is 5.91 Å². The van der Waals surface area contributed by atoms with Crippen LogP contribution in [0.4, 0.5) is 0 Å². The van der Waals surface area contributed by atoms with Gasteiger partial charge in [-0.3, -0.25) is 4.79 Å². The molecule has 2 rings (SSSR count). The number of nitrogens with zero attached hydrogens (tertiary/aromatic N) is 1. The largest absolute Gasteiger partial charge is 0.338 e. The van der Waals surface area contributed by atoms with Crippen molar-refractivity contribution in [1.29, 1.82) is 0 Å². The molecule has 1 aromatic carbocycles. The van der Waals surface area contributed by atoms with E-state index >= 15 is 0 Å². The Balaban J connectivity index is 0.000000686. The summed E-state index contributed by atoms with van der Waals surface area (Å²) >= 11 is 0. The Morgan fingerprint density at radius 2 is 2.00 bits per heavy atom. The van der Waals surface area contributed by atoms with Crippen LogP contribution in [-0.2, 0) is 6.42 Å². The lowest BCUT2D eigenvalue weighted by molar-refractivity contribution is 0.0740. The lowest BCUT2D eigenvalue weighted by Crippen LogP contribution is -2.38. The average molecular weight is 233 g/mol. The van der Waals surface area contributed by atoms with Gasteiger partial charge in [-0.1, -0.05) is 38.5 Å². The second-order valence-corrected chi connectivity index (χ2v) is 4.20. The van der Waals surface area contributed by atoms with Crippen molar-refractivity contribution in [3.63, 3.8) is 0 Å². The fourth-order valence-corrected chi connectivity index (χ4v) is 2.12. The maximum absolute atomic E-state index is 12.1. The number of carbonyl (C=O) groups is 1. The first-order chi connectivity index (χ1) is 8.22. The molecule has 94 valence electrons. The van der Waals surface area contributed by atoms with Gasteiger partial charge in [-0.25, -0.2) is 0 Å². The Morgan fingerprint density at radius 1 is 1.29 bits per heavy atom. The molecular formula is C15H23NO. The highest BCUT2D eigenvalue weighted by Gasteiger charge is 2.23. The van der Waals surface area contributed by atoms with Gasteiger partial charge in [0.1, 0.15) is 0 Å². The zero-order valence-corrected chi connectivity index (χ0v) is 11.4. The Bertz CT molecular complexity index is 385. The molecule has 1 aliphatic heterocycles. The summed E-state index contributed by atoms with van der Waals surface area (Å²) in [5.41, 5.74) is 3.29. The van der Waals surface area contributed by atoms with E-state index in [1.54, 1.807) is 0 Å². The standard InChI is InChI=1S/C13H17NO.C2H6/c1-3-7-14-8-6-11-5-4-10(2)9-12(11)13(14)15;1-2/h4-5,9H,3,6-8H2,1-2H3;1-2H3. The lowest BCUT2D eigenvalue weighted by Gasteiger charge is -2.28. The molecule has 0 fully saturated rings. The van der Waals surface area contributed by atoms with Crippen molar-refractivity contribution in [1.82, 2.24) is 4.90 Å². The number of carbonyl (C=O) groups excluding carboxylic acids is 1. The summed E-state index contributed by atoms with van der Waals surface area (Å²) in [6.45, 7) is 9.90. The van der Waals surface area contributed by atoms with Crippen molar-refractivity contribution in [2.45, 2.75) is 40.5 Å². The minimum absolute atomic E-state index is 0.210. The summed E-state index contributed by atoms with van der Waals surface area (Å²) in [6.07, 6.45) is 2.04. The number of benzene rings is 1. The Kier molecular flexibility index (Phi) is 5.20. The van der Waals surface area contributed by atoms with Gasteiger partial charge in [0.15, 0.2) is 0 Å². The molecule has 17 heavy (non-hydrogen) atoms. The van der Waals surface area contributed by atoms with Gasteiger partial charge in [-0.05, 0) is 31.4 Å². The first-order valence-electron chi connectivity index (χ1n) is 6.61. The van der Waals surface area contributed by atoms with E-state index in [1.165, 1.54) is 11.1 Å². The summed E-state index contributed by atoms with van der Waals surface area (Å²) in [5, 5.41) is 0. The molecule has 0 spiro atoms. The van der Waals surface area contributed by atoms with Crippen LogP contribution in [0.15, 0.2) is 18.2 Å². The lowest BCUT2D eigenvalue weighted by atomic mass is 9.97. The summed E-state index contributed by atoms with van der Waals surface area (Å²) in [4.78, 5) is 14.0. The van der Waals surface area contributed by atoms with Crippen LogP contribution in [0.2, 0.25) is 0 Å². The zero-order valence-electron chi connectivity index (χ0n) is 11.4. The van der Waals surface area contributed by atoms with Crippen molar-refractivity contribution < 1.29 is 4.79 Å². The van der Waals surface area contributed by atoms with E-state index in [9.17, 15) is 4.79 Å². The van der Waals surface area contributed by atoms with Crippen LogP contribution in [0.1, 0.15) is 48.7 Å². The molecule has 0 N–H and O–H groups in total. The molecule has 1 aromatic rings. The van der Waals surface area contributed by atoms with Crippen molar-refractivity contribution >= 4 is 5.91 Å². The van der Waals surface area contributed by atoms with Crippen molar-refractivity contribution in [2.24, 2.45) is 0 Å². The van der Waals surface area contributed by atoms with Crippen LogP contribution in [0.25, 0.3) is 0 Å².